The zero-order chi connectivity index (χ0) is 17.3. The topological polar surface area (TPSA) is 45.2 Å². The lowest BCUT2D eigenvalue weighted by molar-refractivity contribution is -0.0657. The molecule has 5 nitrogen and oxygen atoms in total. The summed E-state index contributed by atoms with van der Waals surface area (Å²) in [6.07, 6.45) is 2.89. The molecule has 1 N–H and O–H groups in total. The molecule has 1 aromatic rings. The van der Waals surface area contributed by atoms with Crippen molar-refractivity contribution in [3.05, 3.63) is 35.9 Å². The van der Waals surface area contributed by atoms with Crippen LogP contribution in [0.25, 0.3) is 0 Å². The third-order valence-electron chi connectivity index (χ3n) is 5.19. The van der Waals surface area contributed by atoms with Crippen molar-refractivity contribution in [3.63, 3.8) is 0 Å². The molecule has 1 atom stereocenters. The number of aliphatic hydroxyl groups is 1. The van der Waals surface area contributed by atoms with Gasteiger partial charge < -0.3 is 19.5 Å². The summed E-state index contributed by atoms with van der Waals surface area (Å²) >= 11 is 0. The molecule has 2 aliphatic rings. The fraction of sp³-hybridized carbons (Fsp3) is 0.700. The first-order valence-corrected chi connectivity index (χ1v) is 9.65. The lowest BCUT2D eigenvalue weighted by Crippen LogP contribution is -2.49. The first kappa shape index (κ1) is 18.8. The van der Waals surface area contributed by atoms with Crippen LogP contribution in [0.2, 0.25) is 0 Å². The highest BCUT2D eigenvalue weighted by Gasteiger charge is 2.20. The Bertz CT molecular complexity index is 471. The zero-order valence-corrected chi connectivity index (χ0v) is 15.2. The second-order valence-corrected chi connectivity index (χ2v) is 7.18. The Morgan fingerprint density at radius 3 is 2.44 bits per heavy atom. The standard InChI is InChI=1S/C20H32N2O3/c23-19(17-25-20-7-14-24-15-8-20)16-22-12-10-21(11-13-22)9-6-18-4-2-1-3-5-18/h1-5,19-20,23H,6-17H2. The van der Waals surface area contributed by atoms with Gasteiger partial charge in [0, 0.05) is 52.5 Å². The second-order valence-electron chi connectivity index (χ2n) is 7.18. The zero-order valence-electron chi connectivity index (χ0n) is 15.2. The highest BCUT2D eigenvalue weighted by molar-refractivity contribution is 5.14. The van der Waals surface area contributed by atoms with Gasteiger partial charge in [-0.05, 0) is 24.8 Å². The molecule has 0 spiro atoms. The van der Waals surface area contributed by atoms with Crippen LogP contribution in [0.1, 0.15) is 18.4 Å². The summed E-state index contributed by atoms with van der Waals surface area (Å²) in [5.74, 6) is 0. The van der Waals surface area contributed by atoms with Crippen molar-refractivity contribution >= 4 is 0 Å². The van der Waals surface area contributed by atoms with Crippen LogP contribution in [0.15, 0.2) is 30.3 Å². The third kappa shape index (κ3) is 6.68. The van der Waals surface area contributed by atoms with Gasteiger partial charge in [-0.15, -0.1) is 0 Å². The Labute approximate surface area is 151 Å². The molecule has 0 aliphatic carbocycles. The summed E-state index contributed by atoms with van der Waals surface area (Å²) in [4.78, 5) is 4.88. The summed E-state index contributed by atoms with van der Waals surface area (Å²) < 4.78 is 11.2. The van der Waals surface area contributed by atoms with E-state index in [2.05, 4.69) is 40.1 Å². The Hall–Kier alpha value is -0.980. The van der Waals surface area contributed by atoms with Gasteiger partial charge in [-0.1, -0.05) is 30.3 Å². The molecular formula is C20H32N2O3. The minimum absolute atomic E-state index is 0.262. The van der Waals surface area contributed by atoms with Crippen molar-refractivity contribution in [2.75, 3.05) is 59.1 Å². The van der Waals surface area contributed by atoms with E-state index in [4.69, 9.17) is 9.47 Å². The minimum Gasteiger partial charge on any atom is -0.389 e. The van der Waals surface area contributed by atoms with Gasteiger partial charge in [0.25, 0.3) is 0 Å². The molecule has 2 heterocycles. The van der Waals surface area contributed by atoms with Crippen molar-refractivity contribution in [1.82, 2.24) is 9.80 Å². The second kappa shape index (κ2) is 10.2. The van der Waals surface area contributed by atoms with E-state index < -0.39 is 6.10 Å². The van der Waals surface area contributed by atoms with E-state index >= 15 is 0 Å². The molecule has 140 valence electrons. The van der Waals surface area contributed by atoms with E-state index in [0.717, 1.165) is 71.7 Å². The van der Waals surface area contributed by atoms with Crippen LogP contribution < -0.4 is 0 Å². The van der Waals surface area contributed by atoms with Crippen LogP contribution in [0, 0.1) is 0 Å². The molecule has 25 heavy (non-hydrogen) atoms. The fourth-order valence-corrected chi connectivity index (χ4v) is 3.57. The lowest BCUT2D eigenvalue weighted by Gasteiger charge is -2.35. The Balaban J connectivity index is 1.28. The van der Waals surface area contributed by atoms with E-state index in [1.165, 1.54) is 5.56 Å². The quantitative estimate of drug-likeness (QED) is 0.769. The molecule has 1 unspecified atom stereocenters. The van der Waals surface area contributed by atoms with Crippen molar-refractivity contribution < 1.29 is 14.6 Å². The Morgan fingerprint density at radius 1 is 1.04 bits per heavy atom. The number of rotatable bonds is 8. The van der Waals surface area contributed by atoms with Crippen LogP contribution in [0.3, 0.4) is 0 Å². The monoisotopic (exact) mass is 348 g/mol. The molecule has 1 aromatic carbocycles. The van der Waals surface area contributed by atoms with E-state index in [9.17, 15) is 5.11 Å². The normalized spacial score (nSPS) is 22.1. The first-order chi connectivity index (χ1) is 12.3. The molecular weight excluding hydrogens is 316 g/mol. The molecule has 0 bridgehead atoms. The van der Waals surface area contributed by atoms with Crippen LogP contribution in [-0.2, 0) is 15.9 Å². The number of piperazine rings is 1. The molecule has 0 aromatic heterocycles. The van der Waals surface area contributed by atoms with Crippen molar-refractivity contribution in [1.29, 1.82) is 0 Å². The van der Waals surface area contributed by atoms with Crippen molar-refractivity contribution in [3.8, 4) is 0 Å². The summed E-state index contributed by atoms with van der Waals surface area (Å²) in [5.41, 5.74) is 1.41. The predicted octanol–water partition coefficient (Wildman–Crippen LogP) is 1.40. The number of hydrogen-bond donors (Lipinski definition) is 1. The summed E-state index contributed by atoms with van der Waals surface area (Å²) in [5, 5.41) is 10.2. The number of nitrogens with zero attached hydrogens (tertiary/aromatic N) is 2. The van der Waals surface area contributed by atoms with Gasteiger partial charge in [-0.25, -0.2) is 0 Å². The highest BCUT2D eigenvalue weighted by Crippen LogP contribution is 2.11. The molecule has 5 heteroatoms. The number of hydrogen-bond acceptors (Lipinski definition) is 5. The SMILES string of the molecule is OC(COC1CCOCC1)CN1CCN(CCc2ccccc2)CC1. The van der Waals surface area contributed by atoms with Crippen LogP contribution in [-0.4, -0.2) is 86.2 Å². The molecule has 0 amide bonds. The largest absolute Gasteiger partial charge is 0.389 e. The van der Waals surface area contributed by atoms with Crippen LogP contribution in [0.5, 0.6) is 0 Å². The average molecular weight is 348 g/mol. The molecule has 0 saturated carbocycles. The molecule has 0 radical (unpaired) electrons. The first-order valence-electron chi connectivity index (χ1n) is 9.65. The molecule has 2 fully saturated rings. The van der Waals surface area contributed by atoms with Gasteiger partial charge >= 0.3 is 0 Å². The van der Waals surface area contributed by atoms with Gasteiger partial charge in [-0.2, -0.15) is 0 Å². The fourth-order valence-electron chi connectivity index (χ4n) is 3.57. The number of benzene rings is 1. The maximum Gasteiger partial charge on any atom is 0.0900 e. The summed E-state index contributed by atoms with van der Waals surface area (Å²) in [6, 6.07) is 10.7. The van der Waals surface area contributed by atoms with Crippen molar-refractivity contribution in [2.24, 2.45) is 0 Å². The Kier molecular flexibility index (Phi) is 7.70. The highest BCUT2D eigenvalue weighted by atomic mass is 16.5. The van der Waals surface area contributed by atoms with Crippen molar-refractivity contribution in [2.45, 2.75) is 31.5 Å². The smallest absolute Gasteiger partial charge is 0.0900 e. The predicted molar refractivity (Wildman–Crippen MR) is 98.8 cm³/mol. The number of ether oxygens (including phenoxy) is 2. The lowest BCUT2D eigenvalue weighted by atomic mass is 10.1. The van der Waals surface area contributed by atoms with E-state index in [1.807, 2.05) is 0 Å². The van der Waals surface area contributed by atoms with Gasteiger partial charge in [0.15, 0.2) is 0 Å². The minimum atomic E-state index is -0.390. The maximum atomic E-state index is 10.2. The number of β-amino-alcohol motifs (C(OH)–C–C–N with tert-alkyl or cyclic N) is 1. The number of aliphatic hydroxyl groups excluding tert-OH is 1. The molecule has 2 saturated heterocycles. The van der Waals surface area contributed by atoms with E-state index in [-0.39, 0.29) is 6.10 Å². The molecule has 3 rings (SSSR count). The average Bonchev–Trinajstić information content (AvgIpc) is 2.67. The Morgan fingerprint density at radius 2 is 1.72 bits per heavy atom. The van der Waals surface area contributed by atoms with Gasteiger partial charge in [-0.3, -0.25) is 4.90 Å². The summed E-state index contributed by atoms with van der Waals surface area (Å²) in [7, 11) is 0. The van der Waals surface area contributed by atoms with E-state index in [0.29, 0.717) is 6.61 Å². The maximum absolute atomic E-state index is 10.2. The molecule has 2 aliphatic heterocycles. The summed E-state index contributed by atoms with van der Waals surface area (Å²) in [6.45, 7) is 8.08. The van der Waals surface area contributed by atoms with Gasteiger partial charge in [0.05, 0.1) is 18.8 Å². The third-order valence-corrected chi connectivity index (χ3v) is 5.19. The van der Waals surface area contributed by atoms with Gasteiger partial charge in [0.1, 0.15) is 0 Å². The van der Waals surface area contributed by atoms with E-state index in [1.54, 1.807) is 0 Å². The van der Waals surface area contributed by atoms with Crippen LogP contribution in [0.4, 0.5) is 0 Å². The van der Waals surface area contributed by atoms with Gasteiger partial charge in [0.2, 0.25) is 0 Å². The van der Waals surface area contributed by atoms with Crippen LogP contribution >= 0.6 is 0 Å².